The molecule has 0 aliphatic carbocycles. The molecule has 0 bridgehead atoms. The van der Waals surface area contributed by atoms with E-state index in [1.165, 1.54) is 0 Å². The van der Waals surface area contributed by atoms with Crippen LogP contribution in [0.25, 0.3) is 11.3 Å². The van der Waals surface area contributed by atoms with E-state index in [1.54, 1.807) is 49.6 Å². The van der Waals surface area contributed by atoms with Crippen LogP contribution in [0.15, 0.2) is 48.5 Å². The molecule has 3 rings (SSSR count). The lowest BCUT2D eigenvalue weighted by Gasteiger charge is -2.06. The van der Waals surface area contributed by atoms with E-state index in [1.807, 2.05) is 6.07 Å². The predicted molar refractivity (Wildman–Crippen MR) is 91.3 cm³/mol. The summed E-state index contributed by atoms with van der Waals surface area (Å²) in [5.41, 5.74) is 1.97. The standard InChI is InChI=1S/C16H12ClN3O2S/c1-22-13-4-2-3-12(9-13)18-16(21)15-14(19-20-23-15)10-5-7-11(17)8-6-10/h2-9H,1H3,(H,18,21). The van der Waals surface area contributed by atoms with Gasteiger partial charge < -0.3 is 10.1 Å². The topological polar surface area (TPSA) is 64.1 Å². The third-order valence-corrected chi connectivity index (χ3v) is 4.12. The first-order chi connectivity index (χ1) is 11.2. The summed E-state index contributed by atoms with van der Waals surface area (Å²) in [6.07, 6.45) is 0. The van der Waals surface area contributed by atoms with E-state index >= 15 is 0 Å². The van der Waals surface area contributed by atoms with Crippen molar-refractivity contribution in [1.82, 2.24) is 9.59 Å². The van der Waals surface area contributed by atoms with E-state index < -0.39 is 0 Å². The number of nitrogens with one attached hydrogen (secondary N) is 1. The van der Waals surface area contributed by atoms with Crippen LogP contribution < -0.4 is 10.1 Å². The predicted octanol–water partition coefficient (Wildman–Crippen LogP) is 4.12. The number of ether oxygens (including phenoxy) is 1. The molecular formula is C16H12ClN3O2S. The van der Waals surface area contributed by atoms with Crippen LogP contribution in [-0.2, 0) is 0 Å². The van der Waals surface area contributed by atoms with Crippen molar-refractivity contribution in [2.45, 2.75) is 0 Å². The number of amides is 1. The van der Waals surface area contributed by atoms with Gasteiger partial charge in [-0.3, -0.25) is 4.79 Å². The van der Waals surface area contributed by atoms with Crippen molar-refractivity contribution in [1.29, 1.82) is 0 Å². The second kappa shape index (κ2) is 6.76. The Kier molecular flexibility index (Phi) is 4.55. The molecule has 0 aliphatic heterocycles. The lowest BCUT2D eigenvalue weighted by Crippen LogP contribution is -2.11. The number of benzene rings is 2. The molecule has 0 spiro atoms. The molecule has 3 aromatic rings. The molecular weight excluding hydrogens is 334 g/mol. The van der Waals surface area contributed by atoms with Crippen LogP contribution in [-0.4, -0.2) is 22.6 Å². The Morgan fingerprint density at radius 2 is 2.00 bits per heavy atom. The highest BCUT2D eigenvalue weighted by Crippen LogP contribution is 2.26. The summed E-state index contributed by atoms with van der Waals surface area (Å²) in [7, 11) is 1.58. The van der Waals surface area contributed by atoms with E-state index in [4.69, 9.17) is 16.3 Å². The summed E-state index contributed by atoms with van der Waals surface area (Å²) < 4.78 is 9.04. The molecule has 1 aromatic heterocycles. The number of rotatable bonds is 4. The van der Waals surface area contributed by atoms with Crippen molar-refractivity contribution < 1.29 is 9.53 Å². The zero-order chi connectivity index (χ0) is 16.2. The fourth-order valence-electron chi connectivity index (χ4n) is 2.02. The van der Waals surface area contributed by atoms with Gasteiger partial charge in [-0.15, -0.1) is 5.10 Å². The molecule has 0 unspecified atom stereocenters. The van der Waals surface area contributed by atoms with Gasteiger partial charge in [0.2, 0.25) is 0 Å². The minimum Gasteiger partial charge on any atom is -0.497 e. The maximum Gasteiger partial charge on any atom is 0.269 e. The van der Waals surface area contributed by atoms with Crippen molar-refractivity contribution in [3.05, 3.63) is 58.4 Å². The number of carbonyl (C=O) groups is 1. The number of methoxy groups -OCH3 is 1. The fraction of sp³-hybridized carbons (Fsp3) is 0.0625. The van der Waals surface area contributed by atoms with Crippen molar-refractivity contribution in [2.24, 2.45) is 0 Å². The van der Waals surface area contributed by atoms with Crippen molar-refractivity contribution >= 4 is 34.7 Å². The average molecular weight is 346 g/mol. The molecule has 2 aromatic carbocycles. The Hall–Kier alpha value is -2.44. The number of hydrogen-bond acceptors (Lipinski definition) is 5. The van der Waals surface area contributed by atoms with E-state index in [0.29, 0.717) is 27.0 Å². The fourth-order valence-corrected chi connectivity index (χ4v) is 2.73. The zero-order valence-corrected chi connectivity index (χ0v) is 13.7. The molecule has 0 saturated carbocycles. The van der Waals surface area contributed by atoms with Crippen LogP contribution in [0.5, 0.6) is 5.75 Å². The number of anilines is 1. The molecule has 0 radical (unpaired) electrons. The molecule has 0 fully saturated rings. The summed E-state index contributed by atoms with van der Waals surface area (Å²) in [5.74, 6) is 0.404. The maximum absolute atomic E-state index is 12.5. The number of halogens is 1. The number of aromatic nitrogens is 2. The summed E-state index contributed by atoms with van der Waals surface area (Å²) in [5, 5.41) is 7.50. The van der Waals surface area contributed by atoms with Crippen LogP contribution in [0.1, 0.15) is 9.67 Å². The first-order valence-electron chi connectivity index (χ1n) is 6.71. The van der Waals surface area contributed by atoms with E-state index in [-0.39, 0.29) is 5.91 Å². The minimum atomic E-state index is -0.266. The SMILES string of the molecule is COc1cccc(NC(=O)c2snnc2-c2ccc(Cl)cc2)c1. The highest BCUT2D eigenvalue weighted by molar-refractivity contribution is 7.08. The van der Waals surface area contributed by atoms with Crippen LogP contribution in [0.2, 0.25) is 5.02 Å². The zero-order valence-electron chi connectivity index (χ0n) is 12.1. The Morgan fingerprint density at radius 1 is 1.22 bits per heavy atom. The molecule has 116 valence electrons. The normalized spacial score (nSPS) is 10.3. The highest BCUT2D eigenvalue weighted by atomic mass is 35.5. The molecule has 0 saturated heterocycles. The summed E-state index contributed by atoms with van der Waals surface area (Å²) in [6, 6.07) is 14.3. The van der Waals surface area contributed by atoms with Gasteiger partial charge in [0.1, 0.15) is 16.3 Å². The Labute approximate surface area is 142 Å². The quantitative estimate of drug-likeness (QED) is 0.772. The van der Waals surface area contributed by atoms with Crippen LogP contribution in [0, 0.1) is 0 Å². The molecule has 1 heterocycles. The Bertz CT molecular complexity index is 833. The molecule has 1 amide bonds. The van der Waals surface area contributed by atoms with E-state index in [0.717, 1.165) is 17.1 Å². The number of carbonyl (C=O) groups excluding carboxylic acids is 1. The van der Waals surface area contributed by atoms with Gasteiger partial charge in [-0.25, -0.2) is 0 Å². The molecule has 7 heteroatoms. The van der Waals surface area contributed by atoms with Crippen molar-refractivity contribution in [3.63, 3.8) is 0 Å². The minimum absolute atomic E-state index is 0.266. The summed E-state index contributed by atoms with van der Waals surface area (Å²) >= 11 is 6.94. The van der Waals surface area contributed by atoms with Gasteiger partial charge in [-0.1, -0.05) is 34.3 Å². The van der Waals surface area contributed by atoms with Crippen LogP contribution >= 0.6 is 23.1 Å². The van der Waals surface area contributed by atoms with Crippen LogP contribution in [0.4, 0.5) is 5.69 Å². The maximum atomic E-state index is 12.5. The largest absolute Gasteiger partial charge is 0.497 e. The van der Waals surface area contributed by atoms with Gasteiger partial charge in [-0.05, 0) is 35.8 Å². The van der Waals surface area contributed by atoms with E-state index in [2.05, 4.69) is 14.9 Å². The second-order valence-corrected chi connectivity index (χ2v) is 5.83. The molecule has 1 N–H and O–H groups in total. The summed E-state index contributed by atoms with van der Waals surface area (Å²) in [4.78, 5) is 12.9. The third-order valence-electron chi connectivity index (χ3n) is 3.14. The van der Waals surface area contributed by atoms with Crippen molar-refractivity contribution in [2.75, 3.05) is 12.4 Å². The van der Waals surface area contributed by atoms with Gasteiger partial charge in [0.25, 0.3) is 5.91 Å². The second-order valence-electron chi connectivity index (χ2n) is 4.64. The van der Waals surface area contributed by atoms with Gasteiger partial charge in [-0.2, -0.15) is 0 Å². The van der Waals surface area contributed by atoms with Crippen LogP contribution in [0.3, 0.4) is 0 Å². The highest BCUT2D eigenvalue weighted by Gasteiger charge is 2.18. The van der Waals surface area contributed by atoms with Gasteiger partial charge in [0, 0.05) is 22.3 Å². The Balaban J connectivity index is 1.86. The Morgan fingerprint density at radius 3 is 2.74 bits per heavy atom. The van der Waals surface area contributed by atoms with Gasteiger partial charge in [0.15, 0.2) is 0 Å². The first-order valence-corrected chi connectivity index (χ1v) is 7.86. The molecule has 0 atom stereocenters. The summed E-state index contributed by atoms with van der Waals surface area (Å²) in [6.45, 7) is 0. The van der Waals surface area contributed by atoms with Crippen molar-refractivity contribution in [3.8, 4) is 17.0 Å². The molecule has 0 aliphatic rings. The average Bonchev–Trinajstić information content (AvgIpc) is 3.05. The molecule has 23 heavy (non-hydrogen) atoms. The smallest absolute Gasteiger partial charge is 0.269 e. The molecule has 5 nitrogen and oxygen atoms in total. The van der Waals surface area contributed by atoms with Gasteiger partial charge >= 0.3 is 0 Å². The van der Waals surface area contributed by atoms with Gasteiger partial charge in [0.05, 0.1) is 7.11 Å². The number of nitrogens with zero attached hydrogens (tertiary/aromatic N) is 2. The monoisotopic (exact) mass is 345 g/mol. The third kappa shape index (κ3) is 3.49. The first kappa shape index (κ1) is 15.5. The lowest BCUT2D eigenvalue weighted by atomic mass is 10.1. The lowest BCUT2D eigenvalue weighted by molar-refractivity contribution is 0.103. The van der Waals surface area contributed by atoms with E-state index in [9.17, 15) is 4.79 Å². The number of hydrogen-bond donors (Lipinski definition) is 1.